The van der Waals surface area contributed by atoms with Crippen LogP contribution in [0.15, 0.2) is 90.2 Å². The molecule has 0 N–H and O–H groups in total. The second-order valence-corrected chi connectivity index (χ2v) is 5.12. The zero-order valence-electron chi connectivity index (χ0n) is 13.4. The van der Waals surface area contributed by atoms with E-state index in [-0.39, 0.29) is 0 Å². The zero-order chi connectivity index (χ0) is 16.6. The molecule has 0 radical (unpaired) electrons. The van der Waals surface area contributed by atoms with E-state index in [1.807, 2.05) is 78.9 Å². The molecule has 0 aliphatic rings. The van der Waals surface area contributed by atoms with Crippen LogP contribution in [0, 0.1) is 0 Å². The third kappa shape index (κ3) is 4.20. The molecule has 1 unspecified atom stereocenters. The van der Waals surface area contributed by atoms with Crippen molar-refractivity contribution in [2.24, 2.45) is 5.16 Å². The van der Waals surface area contributed by atoms with Crippen molar-refractivity contribution in [3.05, 3.63) is 96.3 Å². The molecule has 0 aliphatic heterocycles. The maximum atomic E-state index is 5.69. The van der Waals surface area contributed by atoms with Gasteiger partial charge in [0.1, 0.15) is 11.5 Å². The summed E-state index contributed by atoms with van der Waals surface area (Å²) in [6.45, 7) is 1.80. The Morgan fingerprint density at radius 3 is 2.21 bits per heavy atom. The Labute approximate surface area is 141 Å². The van der Waals surface area contributed by atoms with Gasteiger partial charge in [0.2, 0.25) is 0 Å². The summed E-state index contributed by atoms with van der Waals surface area (Å²) in [4.78, 5) is 9.91. The third-order valence-corrected chi connectivity index (χ3v) is 3.29. The van der Waals surface area contributed by atoms with E-state index in [0.717, 1.165) is 17.0 Å². The Balaban J connectivity index is 1.79. The number of para-hydroxylation sites is 1. The second-order valence-electron chi connectivity index (χ2n) is 5.12. The van der Waals surface area contributed by atoms with Crippen molar-refractivity contribution in [3.63, 3.8) is 0 Å². The summed E-state index contributed by atoms with van der Waals surface area (Å²) in [5.41, 5.74) is 2.35. The minimum atomic E-state index is -0.519. The molecule has 1 aromatic heterocycles. The quantitative estimate of drug-likeness (QED) is 0.387. The summed E-state index contributed by atoms with van der Waals surface area (Å²) < 4.78 is 5.69. The Morgan fingerprint density at radius 2 is 1.54 bits per heavy atom. The predicted molar refractivity (Wildman–Crippen MR) is 93.9 cm³/mol. The van der Waals surface area contributed by atoms with E-state index in [9.17, 15) is 0 Å². The summed E-state index contributed by atoms with van der Waals surface area (Å²) in [5.74, 6) is 0.735. The highest BCUT2D eigenvalue weighted by atomic mass is 16.8. The van der Waals surface area contributed by atoms with Crippen LogP contribution in [0.3, 0.4) is 0 Å². The molecule has 0 saturated carbocycles. The molecule has 0 aliphatic carbocycles. The van der Waals surface area contributed by atoms with E-state index in [1.165, 1.54) is 0 Å². The van der Waals surface area contributed by atoms with E-state index in [0.29, 0.717) is 5.71 Å². The van der Waals surface area contributed by atoms with E-state index in [1.54, 1.807) is 13.1 Å². The summed E-state index contributed by atoms with van der Waals surface area (Å²) in [7, 11) is 0. The number of benzene rings is 2. The lowest BCUT2D eigenvalue weighted by Crippen LogP contribution is -2.15. The summed E-state index contributed by atoms with van der Waals surface area (Å²) in [6.07, 6.45) is 1.22. The molecule has 1 heterocycles. The normalized spacial score (nSPS) is 12.5. The summed E-state index contributed by atoms with van der Waals surface area (Å²) in [5, 5.41) is 4.29. The van der Waals surface area contributed by atoms with Crippen LogP contribution in [0.1, 0.15) is 18.2 Å². The Kier molecular flexibility index (Phi) is 5.20. The molecule has 3 rings (SSSR count). The number of hydrogen-bond acceptors (Lipinski definition) is 4. The van der Waals surface area contributed by atoms with Gasteiger partial charge in [0.05, 0.1) is 5.69 Å². The predicted octanol–water partition coefficient (Wildman–Crippen LogP) is 4.28. The fourth-order valence-electron chi connectivity index (χ4n) is 2.19. The Hall–Kier alpha value is -3.14. The maximum Gasteiger partial charge on any atom is 0.262 e. The average molecular weight is 318 g/mol. The number of aromatic nitrogens is 1. The van der Waals surface area contributed by atoms with Crippen molar-refractivity contribution in [2.75, 3.05) is 0 Å². The molecule has 2 aromatic carbocycles. The van der Waals surface area contributed by atoms with Gasteiger partial charge in [-0.25, -0.2) is 0 Å². The van der Waals surface area contributed by atoms with E-state index < -0.39 is 6.29 Å². The molecule has 0 spiro atoms. The molecule has 3 aromatic rings. The van der Waals surface area contributed by atoms with Crippen molar-refractivity contribution in [2.45, 2.75) is 13.2 Å². The van der Waals surface area contributed by atoms with Crippen molar-refractivity contribution >= 4 is 5.71 Å². The molecule has 1 atom stereocenters. The highest BCUT2D eigenvalue weighted by molar-refractivity contribution is 6.11. The third-order valence-electron chi connectivity index (χ3n) is 3.29. The lowest BCUT2D eigenvalue weighted by Gasteiger charge is -2.13. The van der Waals surface area contributed by atoms with Gasteiger partial charge in [-0.15, -0.1) is 0 Å². The van der Waals surface area contributed by atoms with Gasteiger partial charge in [0.15, 0.2) is 0 Å². The Morgan fingerprint density at radius 1 is 0.875 bits per heavy atom. The van der Waals surface area contributed by atoms with Crippen molar-refractivity contribution < 1.29 is 9.57 Å². The fraction of sp³-hybridized carbons (Fsp3) is 0.100. The van der Waals surface area contributed by atoms with Crippen LogP contribution in [-0.2, 0) is 4.84 Å². The van der Waals surface area contributed by atoms with Crippen LogP contribution in [0.25, 0.3) is 0 Å². The van der Waals surface area contributed by atoms with Crippen molar-refractivity contribution in [3.8, 4) is 5.75 Å². The lowest BCUT2D eigenvalue weighted by atomic mass is 10.1. The van der Waals surface area contributed by atoms with Crippen molar-refractivity contribution in [1.82, 2.24) is 4.98 Å². The maximum absolute atomic E-state index is 5.69. The monoisotopic (exact) mass is 318 g/mol. The summed E-state index contributed by atoms with van der Waals surface area (Å²) >= 11 is 0. The van der Waals surface area contributed by atoms with Gasteiger partial charge >= 0.3 is 0 Å². The first-order chi connectivity index (χ1) is 11.8. The summed E-state index contributed by atoms with van der Waals surface area (Å²) in [6, 6.07) is 25.0. The van der Waals surface area contributed by atoms with Gasteiger partial charge < -0.3 is 9.57 Å². The standard InChI is InChI=1S/C20H18N2O2/c1-16(23-18-12-6-3-7-13-18)24-22-20(17-10-4-2-5-11-17)19-14-8-9-15-21-19/h2-16H,1H3. The molecule has 0 bridgehead atoms. The number of nitrogens with zero attached hydrogens (tertiary/aromatic N) is 2. The molecule has 0 amide bonds. The minimum absolute atomic E-state index is 0.519. The highest BCUT2D eigenvalue weighted by Gasteiger charge is 2.10. The zero-order valence-corrected chi connectivity index (χ0v) is 13.4. The van der Waals surface area contributed by atoms with Gasteiger partial charge in [0.25, 0.3) is 6.29 Å². The first-order valence-corrected chi connectivity index (χ1v) is 7.75. The van der Waals surface area contributed by atoms with E-state index in [2.05, 4.69) is 10.1 Å². The number of rotatable bonds is 6. The number of pyridine rings is 1. The molecular formula is C20H18N2O2. The van der Waals surface area contributed by atoms with Crippen LogP contribution < -0.4 is 4.74 Å². The topological polar surface area (TPSA) is 43.7 Å². The fourth-order valence-corrected chi connectivity index (χ4v) is 2.19. The number of hydrogen-bond donors (Lipinski definition) is 0. The molecule has 24 heavy (non-hydrogen) atoms. The van der Waals surface area contributed by atoms with Crippen LogP contribution >= 0.6 is 0 Å². The number of oxime groups is 1. The van der Waals surface area contributed by atoms with Crippen LogP contribution in [-0.4, -0.2) is 17.0 Å². The van der Waals surface area contributed by atoms with Gasteiger partial charge in [-0.3, -0.25) is 4.98 Å². The molecular weight excluding hydrogens is 300 g/mol. The Bertz CT molecular complexity index is 733. The first-order valence-electron chi connectivity index (χ1n) is 7.75. The van der Waals surface area contributed by atoms with Gasteiger partial charge in [0, 0.05) is 18.7 Å². The van der Waals surface area contributed by atoms with Gasteiger partial charge in [-0.05, 0) is 24.3 Å². The van der Waals surface area contributed by atoms with Crippen LogP contribution in [0.5, 0.6) is 5.75 Å². The largest absolute Gasteiger partial charge is 0.453 e. The molecule has 0 saturated heterocycles. The van der Waals surface area contributed by atoms with E-state index >= 15 is 0 Å². The number of ether oxygens (including phenoxy) is 1. The van der Waals surface area contributed by atoms with Gasteiger partial charge in [-0.2, -0.15) is 0 Å². The molecule has 4 heteroatoms. The SMILES string of the molecule is CC(ON=C(c1ccccc1)c1ccccn1)Oc1ccccc1. The van der Waals surface area contributed by atoms with Crippen LogP contribution in [0.2, 0.25) is 0 Å². The average Bonchev–Trinajstić information content (AvgIpc) is 2.64. The molecule has 0 fully saturated rings. The second kappa shape index (κ2) is 7.92. The smallest absolute Gasteiger partial charge is 0.262 e. The van der Waals surface area contributed by atoms with Crippen LogP contribution in [0.4, 0.5) is 0 Å². The molecule has 120 valence electrons. The first kappa shape index (κ1) is 15.7. The minimum Gasteiger partial charge on any atom is -0.453 e. The van der Waals surface area contributed by atoms with Gasteiger partial charge in [-0.1, -0.05) is 59.8 Å². The molecule has 4 nitrogen and oxygen atoms in total. The lowest BCUT2D eigenvalue weighted by molar-refractivity contribution is -0.0648. The highest BCUT2D eigenvalue weighted by Crippen LogP contribution is 2.13. The van der Waals surface area contributed by atoms with E-state index in [4.69, 9.17) is 9.57 Å². The van der Waals surface area contributed by atoms with Crippen molar-refractivity contribution in [1.29, 1.82) is 0 Å².